The summed E-state index contributed by atoms with van der Waals surface area (Å²) >= 11 is 10.9. The van der Waals surface area contributed by atoms with Crippen LogP contribution in [0.5, 0.6) is 0 Å². The number of hydrogen-bond acceptors (Lipinski definition) is 1. The molecule has 0 amide bonds. The molecule has 0 saturated heterocycles. The van der Waals surface area contributed by atoms with E-state index in [0.29, 0.717) is 5.02 Å². The molecule has 0 aliphatic carbocycles. The maximum atomic E-state index is 10.4. The number of benzene rings is 1. The third kappa shape index (κ3) is 4.11. The van der Waals surface area contributed by atoms with Crippen LogP contribution in [0.4, 0.5) is 0 Å². The Kier molecular flexibility index (Phi) is 4.00. The van der Waals surface area contributed by atoms with E-state index in [4.69, 9.17) is 23.2 Å². The Morgan fingerprint density at radius 3 is 2.46 bits per heavy atom. The predicted molar refractivity (Wildman–Crippen MR) is 56.0 cm³/mol. The van der Waals surface area contributed by atoms with Gasteiger partial charge in [0.15, 0.2) is 0 Å². The summed E-state index contributed by atoms with van der Waals surface area (Å²) in [6.07, 6.45) is 3.80. The fraction of sp³-hybridized carbons (Fsp3) is 0.100. The molecule has 0 bridgehead atoms. The van der Waals surface area contributed by atoms with Crippen molar-refractivity contribution in [2.45, 2.75) is 6.42 Å². The monoisotopic (exact) mass is 214 g/mol. The zero-order valence-electron chi connectivity index (χ0n) is 6.84. The van der Waals surface area contributed by atoms with Gasteiger partial charge in [-0.3, -0.25) is 4.79 Å². The fourth-order valence-corrected chi connectivity index (χ4v) is 1.08. The standard InChI is InChI=1S/C10H8Cl2O/c11-9-6-4-8(5-7-9)2-1-3-10(12)13/h1-2,4-7H,3H2/b2-1+. The van der Waals surface area contributed by atoms with Crippen LogP contribution in [0.3, 0.4) is 0 Å². The number of hydrogen-bond donors (Lipinski definition) is 0. The Balaban J connectivity index is 2.59. The molecule has 0 spiro atoms. The van der Waals surface area contributed by atoms with E-state index in [-0.39, 0.29) is 11.7 Å². The molecule has 1 rings (SSSR count). The normalized spacial score (nSPS) is 10.6. The van der Waals surface area contributed by atoms with Crippen LogP contribution in [0.2, 0.25) is 5.02 Å². The minimum Gasteiger partial charge on any atom is -0.281 e. The van der Waals surface area contributed by atoms with Gasteiger partial charge in [0.1, 0.15) is 0 Å². The van der Waals surface area contributed by atoms with E-state index < -0.39 is 0 Å². The molecule has 0 aromatic heterocycles. The van der Waals surface area contributed by atoms with Gasteiger partial charge in [-0.25, -0.2) is 0 Å². The van der Waals surface area contributed by atoms with E-state index in [1.54, 1.807) is 18.2 Å². The number of carbonyl (C=O) groups excluding carboxylic acids is 1. The van der Waals surface area contributed by atoms with Crippen LogP contribution in [0.1, 0.15) is 12.0 Å². The molecule has 3 heteroatoms. The predicted octanol–water partition coefficient (Wildman–Crippen LogP) is 3.51. The number of carbonyl (C=O) groups is 1. The van der Waals surface area contributed by atoms with Gasteiger partial charge in [0.25, 0.3) is 0 Å². The van der Waals surface area contributed by atoms with Gasteiger partial charge in [-0.05, 0) is 29.3 Å². The molecule has 1 aromatic rings. The molecule has 1 nitrogen and oxygen atoms in total. The molecule has 0 aliphatic rings. The van der Waals surface area contributed by atoms with Crippen molar-refractivity contribution in [2.24, 2.45) is 0 Å². The van der Waals surface area contributed by atoms with Crippen LogP contribution in [0.15, 0.2) is 30.3 Å². The largest absolute Gasteiger partial charge is 0.281 e. The quantitative estimate of drug-likeness (QED) is 0.705. The van der Waals surface area contributed by atoms with E-state index in [1.165, 1.54) is 0 Å². The fourth-order valence-electron chi connectivity index (χ4n) is 0.862. The first-order valence-electron chi connectivity index (χ1n) is 3.79. The Hall–Kier alpha value is -0.790. The minimum absolute atomic E-state index is 0.254. The SMILES string of the molecule is O=C(Cl)C/C=C/c1ccc(Cl)cc1. The maximum Gasteiger partial charge on any atom is 0.225 e. The molecule has 0 heterocycles. The van der Waals surface area contributed by atoms with Crippen LogP contribution < -0.4 is 0 Å². The molecule has 68 valence electrons. The van der Waals surface area contributed by atoms with Crippen molar-refractivity contribution in [3.8, 4) is 0 Å². The van der Waals surface area contributed by atoms with Crippen molar-refractivity contribution in [3.05, 3.63) is 40.9 Å². The van der Waals surface area contributed by atoms with Crippen molar-refractivity contribution in [2.75, 3.05) is 0 Å². The van der Waals surface area contributed by atoms with Gasteiger partial charge >= 0.3 is 0 Å². The van der Waals surface area contributed by atoms with Gasteiger partial charge in [0.05, 0.1) is 0 Å². The molecule has 13 heavy (non-hydrogen) atoms. The van der Waals surface area contributed by atoms with Crippen molar-refractivity contribution >= 4 is 34.5 Å². The summed E-state index contributed by atoms with van der Waals surface area (Å²) in [7, 11) is 0. The van der Waals surface area contributed by atoms with E-state index >= 15 is 0 Å². The number of rotatable bonds is 3. The molecule has 0 unspecified atom stereocenters. The van der Waals surface area contributed by atoms with Crippen LogP contribution in [-0.4, -0.2) is 5.24 Å². The molecule has 0 fully saturated rings. The summed E-state index contributed by atoms with van der Waals surface area (Å²) in [4.78, 5) is 10.4. The molecule has 0 N–H and O–H groups in total. The molecule has 0 atom stereocenters. The van der Waals surface area contributed by atoms with Crippen molar-refractivity contribution < 1.29 is 4.79 Å². The van der Waals surface area contributed by atoms with E-state index in [1.807, 2.05) is 18.2 Å². The van der Waals surface area contributed by atoms with Gasteiger partial charge in [0.2, 0.25) is 5.24 Å². The first kappa shape index (κ1) is 10.3. The van der Waals surface area contributed by atoms with Crippen LogP contribution >= 0.6 is 23.2 Å². The van der Waals surface area contributed by atoms with Crippen LogP contribution in [0.25, 0.3) is 6.08 Å². The number of allylic oxidation sites excluding steroid dienone is 1. The lowest BCUT2D eigenvalue weighted by molar-refractivity contribution is -0.110. The topological polar surface area (TPSA) is 17.1 Å². The second kappa shape index (κ2) is 5.05. The average molecular weight is 215 g/mol. The summed E-state index contributed by atoms with van der Waals surface area (Å²) in [6.45, 7) is 0. The highest BCUT2D eigenvalue weighted by atomic mass is 35.5. The first-order valence-corrected chi connectivity index (χ1v) is 4.54. The van der Waals surface area contributed by atoms with Crippen LogP contribution in [0, 0.1) is 0 Å². The van der Waals surface area contributed by atoms with Gasteiger partial charge in [0, 0.05) is 11.4 Å². The third-order valence-electron chi connectivity index (χ3n) is 1.46. The highest BCUT2D eigenvalue weighted by Crippen LogP contribution is 2.10. The Labute approximate surface area is 87.0 Å². The van der Waals surface area contributed by atoms with Gasteiger partial charge in [-0.1, -0.05) is 35.9 Å². The highest BCUT2D eigenvalue weighted by Gasteiger charge is 1.90. The summed E-state index contributed by atoms with van der Waals surface area (Å²) in [5.41, 5.74) is 1.00. The average Bonchev–Trinajstić information content (AvgIpc) is 2.08. The van der Waals surface area contributed by atoms with Gasteiger partial charge in [-0.15, -0.1) is 0 Å². The van der Waals surface area contributed by atoms with E-state index in [0.717, 1.165) is 5.56 Å². The van der Waals surface area contributed by atoms with Crippen molar-refractivity contribution in [1.82, 2.24) is 0 Å². The Bertz CT molecular complexity index is 314. The number of halogens is 2. The summed E-state index contributed by atoms with van der Waals surface area (Å²) in [6, 6.07) is 7.34. The molecule has 0 aliphatic heterocycles. The van der Waals surface area contributed by atoms with Crippen molar-refractivity contribution in [3.63, 3.8) is 0 Å². The van der Waals surface area contributed by atoms with Crippen molar-refractivity contribution in [1.29, 1.82) is 0 Å². The lowest BCUT2D eigenvalue weighted by Crippen LogP contribution is -1.79. The second-order valence-electron chi connectivity index (χ2n) is 2.51. The van der Waals surface area contributed by atoms with E-state index in [9.17, 15) is 4.79 Å². The summed E-state index contributed by atoms with van der Waals surface area (Å²) < 4.78 is 0. The zero-order chi connectivity index (χ0) is 9.68. The molecular formula is C10H8Cl2O. The Morgan fingerprint density at radius 2 is 1.92 bits per heavy atom. The smallest absolute Gasteiger partial charge is 0.225 e. The molecular weight excluding hydrogens is 207 g/mol. The van der Waals surface area contributed by atoms with Crippen LogP contribution in [-0.2, 0) is 4.79 Å². The third-order valence-corrected chi connectivity index (χ3v) is 1.86. The van der Waals surface area contributed by atoms with Gasteiger partial charge < -0.3 is 0 Å². The first-order chi connectivity index (χ1) is 6.18. The Morgan fingerprint density at radius 1 is 1.31 bits per heavy atom. The summed E-state index contributed by atoms with van der Waals surface area (Å²) in [5, 5.41) is 0.343. The minimum atomic E-state index is -0.356. The zero-order valence-corrected chi connectivity index (χ0v) is 8.35. The second-order valence-corrected chi connectivity index (χ2v) is 3.37. The summed E-state index contributed by atoms with van der Waals surface area (Å²) in [5.74, 6) is 0. The van der Waals surface area contributed by atoms with Gasteiger partial charge in [-0.2, -0.15) is 0 Å². The highest BCUT2D eigenvalue weighted by molar-refractivity contribution is 6.63. The molecule has 1 aromatic carbocycles. The van der Waals surface area contributed by atoms with E-state index in [2.05, 4.69) is 0 Å². The molecule has 0 radical (unpaired) electrons. The maximum absolute atomic E-state index is 10.4. The lowest BCUT2D eigenvalue weighted by atomic mass is 10.2. The lowest BCUT2D eigenvalue weighted by Gasteiger charge is -1.92. The molecule has 0 saturated carbocycles.